The van der Waals surface area contributed by atoms with Crippen LogP contribution in [0.1, 0.15) is 45.7 Å². The summed E-state index contributed by atoms with van der Waals surface area (Å²) in [6.45, 7) is 1.66. The van der Waals surface area contributed by atoms with E-state index in [0.29, 0.717) is 29.3 Å². The molecule has 0 radical (unpaired) electrons. The Morgan fingerprint density at radius 2 is 1.66 bits per heavy atom. The first-order chi connectivity index (χ1) is 16.7. The van der Waals surface area contributed by atoms with Gasteiger partial charge < -0.3 is 15.3 Å². The number of nitrogens with zero attached hydrogens (tertiary/aromatic N) is 3. The zero-order valence-electron chi connectivity index (χ0n) is 18.7. The van der Waals surface area contributed by atoms with E-state index in [1.165, 1.54) is 0 Å². The van der Waals surface area contributed by atoms with Crippen molar-refractivity contribution in [2.75, 3.05) is 23.3 Å². The zero-order chi connectivity index (χ0) is 25.0. The van der Waals surface area contributed by atoms with Gasteiger partial charge in [0.1, 0.15) is 11.6 Å². The summed E-state index contributed by atoms with van der Waals surface area (Å²) < 4.78 is 38.1. The molecule has 2 heterocycles. The van der Waals surface area contributed by atoms with E-state index < -0.39 is 23.6 Å². The van der Waals surface area contributed by atoms with Crippen LogP contribution < -0.4 is 10.2 Å². The lowest BCUT2D eigenvalue weighted by molar-refractivity contribution is -0.138. The lowest BCUT2D eigenvalue weighted by atomic mass is 10.1. The van der Waals surface area contributed by atoms with E-state index in [1.54, 1.807) is 30.5 Å². The Hall–Kier alpha value is -3.95. The summed E-state index contributed by atoms with van der Waals surface area (Å²) in [6, 6.07) is 11.0. The predicted molar refractivity (Wildman–Crippen MR) is 123 cm³/mol. The molecule has 1 amide bonds. The predicted octanol–water partition coefficient (Wildman–Crippen LogP) is 4.57. The molecule has 0 aliphatic carbocycles. The van der Waals surface area contributed by atoms with Gasteiger partial charge in [-0.2, -0.15) is 13.2 Å². The van der Waals surface area contributed by atoms with Crippen molar-refractivity contribution in [1.29, 1.82) is 0 Å². The molecule has 0 saturated carbocycles. The minimum Gasteiger partial charge on any atom is -0.481 e. The summed E-state index contributed by atoms with van der Waals surface area (Å²) in [5.41, 5.74) is 1.27. The number of carbonyl (C=O) groups is 2. The molecule has 1 aliphatic heterocycles. The Bertz CT molecular complexity index is 1210. The molecule has 2 N–H and O–H groups in total. The fourth-order valence-corrected chi connectivity index (χ4v) is 3.91. The van der Waals surface area contributed by atoms with Crippen molar-refractivity contribution in [3.63, 3.8) is 0 Å². The number of nitrogens with one attached hydrogen (secondary N) is 1. The average Bonchev–Trinajstić information content (AvgIpc) is 3.35. The lowest BCUT2D eigenvalue weighted by Crippen LogP contribution is -2.22. The van der Waals surface area contributed by atoms with E-state index in [9.17, 15) is 27.9 Å². The van der Waals surface area contributed by atoms with Crippen LogP contribution in [0.15, 0.2) is 54.7 Å². The Kier molecular flexibility index (Phi) is 6.99. The van der Waals surface area contributed by atoms with Crippen LogP contribution in [0.3, 0.4) is 0 Å². The highest BCUT2D eigenvalue weighted by molar-refractivity contribution is 6.04. The molecule has 0 spiro atoms. The van der Waals surface area contributed by atoms with Crippen LogP contribution in [0.25, 0.3) is 0 Å². The second-order valence-corrected chi connectivity index (χ2v) is 8.30. The molecule has 1 aliphatic rings. The highest BCUT2D eigenvalue weighted by Gasteiger charge is 2.30. The largest absolute Gasteiger partial charge is 0.481 e. The number of aliphatic carboxylic acids is 1. The van der Waals surface area contributed by atoms with Gasteiger partial charge in [0.2, 0.25) is 0 Å². The lowest BCUT2D eigenvalue weighted by Gasteiger charge is -2.20. The summed E-state index contributed by atoms with van der Waals surface area (Å²) in [7, 11) is 0. The third-order valence-corrected chi connectivity index (χ3v) is 5.69. The number of hydrogen-bond donors (Lipinski definition) is 2. The third kappa shape index (κ3) is 6.14. The third-order valence-electron chi connectivity index (χ3n) is 5.69. The number of carboxylic acids is 1. The first-order valence-electron chi connectivity index (χ1n) is 11.1. The second-order valence-electron chi connectivity index (χ2n) is 8.30. The molecule has 7 nitrogen and oxygen atoms in total. The van der Waals surface area contributed by atoms with Crippen molar-refractivity contribution in [1.82, 2.24) is 9.97 Å². The van der Waals surface area contributed by atoms with Gasteiger partial charge in [-0.3, -0.25) is 9.59 Å². The van der Waals surface area contributed by atoms with Gasteiger partial charge >= 0.3 is 12.1 Å². The van der Waals surface area contributed by atoms with E-state index in [1.807, 2.05) is 0 Å². The number of carboxylic acid groups (broad SMARTS) is 1. The highest BCUT2D eigenvalue weighted by atomic mass is 19.4. The minimum atomic E-state index is -4.46. The second kappa shape index (κ2) is 10.1. The quantitative estimate of drug-likeness (QED) is 0.510. The van der Waals surface area contributed by atoms with E-state index in [0.717, 1.165) is 55.8 Å². The van der Waals surface area contributed by atoms with Gasteiger partial charge in [-0.25, -0.2) is 9.97 Å². The number of aromatic nitrogens is 2. The van der Waals surface area contributed by atoms with E-state index >= 15 is 0 Å². The smallest absolute Gasteiger partial charge is 0.416 e. The fourth-order valence-electron chi connectivity index (χ4n) is 3.91. The van der Waals surface area contributed by atoms with Crippen molar-refractivity contribution in [3.05, 3.63) is 82.8 Å². The van der Waals surface area contributed by atoms with Crippen LogP contribution in [0.5, 0.6) is 0 Å². The van der Waals surface area contributed by atoms with Crippen molar-refractivity contribution in [2.45, 2.75) is 31.9 Å². The number of rotatable bonds is 7. The number of carbonyl (C=O) groups excluding carboxylic acids is 1. The van der Waals surface area contributed by atoms with Gasteiger partial charge in [0.25, 0.3) is 5.91 Å². The number of anilines is 2. The van der Waals surface area contributed by atoms with Crippen LogP contribution in [0.4, 0.5) is 24.7 Å². The number of hydrogen-bond acceptors (Lipinski definition) is 5. The fraction of sp³-hybridized carbons (Fsp3) is 0.280. The van der Waals surface area contributed by atoms with Gasteiger partial charge in [-0.05, 0) is 54.8 Å². The van der Waals surface area contributed by atoms with Gasteiger partial charge in [0.05, 0.1) is 12.0 Å². The Balaban J connectivity index is 1.43. The van der Waals surface area contributed by atoms with Crippen LogP contribution in [0.2, 0.25) is 0 Å². The molecule has 1 aromatic heterocycles. The summed E-state index contributed by atoms with van der Waals surface area (Å²) >= 11 is 0. The molecule has 0 atom stereocenters. The highest BCUT2D eigenvalue weighted by Crippen LogP contribution is 2.29. The van der Waals surface area contributed by atoms with E-state index in [-0.39, 0.29) is 12.0 Å². The Morgan fingerprint density at radius 1 is 1.00 bits per heavy atom. The summed E-state index contributed by atoms with van der Waals surface area (Å²) in [6.07, 6.45) is -0.541. The first kappa shape index (κ1) is 24.2. The summed E-state index contributed by atoms with van der Waals surface area (Å²) in [4.78, 5) is 34.6. The van der Waals surface area contributed by atoms with Crippen LogP contribution in [0, 0.1) is 0 Å². The molecule has 0 unspecified atom stereocenters. The number of halogens is 3. The van der Waals surface area contributed by atoms with Gasteiger partial charge in [0.15, 0.2) is 0 Å². The summed E-state index contributed by atoms with van der Waals surface area (Å²) in [5.74, 6) is -0.229. The SMILES string of the molecule is O=C(O)Cc1cnc(Cc2ccc(NC(=O)c3ccc(C(F)(F)F)cc3)cc2)nc1N1CCCC1. The first-order valence-corrected chi connectivity index (χ1v) is 11.1. The maximum absolute atomic E-state index is 12.7. The number of alkyl halides is 3. The summed E-state index contributed by atoms with van der Waals surface area (Å²) in [5, 5.41) is 11.9. The van der Waals surface area contributed by atoms with Crippen molar-refractivity contribution in [3.8, 4) is 0 Å². The molecule has 1 saturated heterocycles. The van der Waals surface area contributed by atoms with E-state index in [4.69, 9.17) is 0 Å². The Labute approximate surface area is 199 Å². The van der Waals surface area contributed by atoms with Crippen LogP contribution in [-0.2, 0) is 23.8 Å². The van der Waals surface area contributed by atoms with Gasteiger partial charge in [-0.15, -0.1) is 0 Å². The monoisotopic (exact) mass is 484 g/mol. The molecule has 10 heteroatoms. The molecule has 1 fully saturated rings. The Morgan fingerprint density at radius 3 is 2.26 bits per heavy atom. The maximum atomic E-state index is 12.7. The molecule has 2 aromatic carbocycles. The molecule has 4 rings (SSSR count). The van der Waals surface area contributed by atoms with Crippen LogP contribution >= 0.6 is 0 Å². The molecule has 182 valence electrons. The number of amides is 1. The van der Waals surface area contributed by atoms with Crippen molar-refractivity contribution >= 4 is 23.4 Å². The number of benzene rings is 2. The molecule has 0 bridgehead atoms. The normalized spacial score (nSPS) is 13.6. The topological polar surface area (TPSA) is 95.4 Å². The standard InChI is InChI=1S/C25H23F3N4O3/c26-25(27,28)19-7-5-17(6-8-19)24(35)30-20-9-3-16(4-10-20)13-21-29-15-18(14-22(33)34)23(31-21)32-11-1-2-12-32/h3-10,15H,1-2,11-14H2,(H,30,35)(H,33,34). The average molecular weight is 484 g/mol. The zero-order valence-corrected chi connectivity index (χ0v) is 18.7. The van der Waals surface area contributed by atoms with Gasteiger partial charge in [-0.1, -0.05) is 12.1 Å². The van der Waals surface area contributed by atoms with Crippen molar-refractivity contribution < 1.29 is 27.9 Å². The molecular formula is C25H23F3N4O3. The maximum Gasteiger partial charge on any atom is 0.416 e. The van der Waals surface area contributed by atoms with Crippen LogP contribution in [-0.4, -0.2) is 40.0 Å². The molecule has 3 aromatic rings. The molecule has 35 heavy (non-hydrogen) atoms. The molecular weight excluding hydrogens is 461 g/mol. The van der Waals surface area contributed by atoms with Crippen molar-refractivity contribution in [2.24, 2.45) is 0 Å². The van der Waals surface area contributed by atoms with Gasteiger partial charge in [0, 0.05) is 42.5 Å². The minimum absolute atomic E-state index is 0.117. The van der Waals surface area contributed by atoms with E-state index in [2.05, 4.69) is 20.2 Å².